The van der Waals surface area contributed by atoms with Crippen LogP contribution in [0.15, 0.2) is 58.8 Å². The van der Waals surface area contributed by atoms with Crippen molar-refractivity contribution >= 4 is 38.9 Å². The van der Waals surface area contributed by atoms with Gasteiger partial charge >= 0.3 is 0 Å². The highest BCUT2D eigenvalue weighted by Crippen LogP contribution is 2.26. The summed E-state index contributed by atoms with van der Waals surface area (Å²) in [5, 5.41) is 6.09. The van der Waals surface area contributed by atoms with Crippen molar-refractivity contribution in [2.24, 2.45) is 0 Å². The van der Waals surface area contributed by atoms with E-state index < -0.39 is 10.0 Å². The summed E-state index contributed by atoms with van der Waals surface area (Å²) < 4.78 is 32.3. The molecule has 1 N–H and O–H groups in total. The van der Waals surface area contributed by atoms with E-state index in [0.29, 0.717) is 42.4 Å². The number of rotatable bonds is 6. The Morgan fingerprint density at radius 3 is 2.41 bits per heavy atom. The average Bonchev–Trinajstić information content (AvgIpc) is 3.30. The lowest BCUT2D eigenvalue weighted by molar-refractivity contribution is 0.0919. The molecule has 32 heavy (non-hydrogen) atoms. The second-order valence-electron chi connectivity index (χ2n) is 7.37. The number of piperidine rings is 1. The highest BCUT2D eigenvalue weighted by Gasteiger charge is 2.30. The van der Waals surface area contributed by atoms with Crippen LogP contribution < -0.4 is 10.1 Å². The number of thiazole rings is 1. The molecule has 10 heteroatoms. The van der Waals surface area contributed by atoms with Gasteiger partial charge in [0.25, 0.3) is 5.91 Å². The maximum absolute atomic E-state index is 12.9. The zero-order valence-corrected chi connectivity index (χ0v) is 19.7. The van der Waals surface area contributed by atoms with Gasteiger partial charge in [-0.2, -0.15) is 4.31 Å². The smallest absolute Gasteiger partial charge is 0.270 e. The SMILES string of the molecule is COc1ccc(S(=O)(=O)N2CCC(NC(=O)c3csc(-c4ccc(Cl)cc4)n3)CC2)cc1. The van der Waals surface area contributed by atoms with Gasteiger partial charge in [-0.1, -0.05) is 23.7 Å². The molecule has 1 aromatic heterocycles. The maximum atomic E-state index is 12.9. The number of aromatic nitrogens is 1. The van der Waals surface area contributed by atoms with Crippen molar-refractivity contribution in [2.75, 3.05) is 20.2 Å². The predicted molar refractivity (Wildman–Crippen MR) is 125 cm³/mol. The number of methoxy groups -OCH3 is 1. The molecule has 0 radical (unpaired) electrons. The summed E-state index contributed by atoms with van der Waals surface area (Å²) >= 11 is 7.31. The number of sulfonamides is 1. The first-order valence-corrected chi connectivity index (χ1v) is 12.7. The van der Waals surface area contributed by atoms with Gasteiger partial charge in [-0.3, -0.25) is 4.79 Å². The average molecular weight is 492 g/mol. The number of nitrogens with zero attached hydrogens (tertiary/aromatic N) is 2. The van der Waals surface area contributed by atoms with Crippen LogP contribution in [0.2, 0.25) is 5.02 Å². The summed E-state index contributed by atoms with van der Waals surface area (Å²) in [5.74, 6) is 0.351. The Bertz CT molecular complexity index is 1190. The minimum atomic E-state index is -3.58. The van der Waals surface area contributed by atoms with Crippen molar-refractivity contribution in [3.05, 3.63) is 64.6 Å². The summed E-state index contributed by atoms with van der Waals surface area (Å²) in [4.78, 5) is 17.3. The Morgan fingerprint density at radius 1 is 1.12 bits per heavy atom. The minimum Gasteiger partial charge on any atom is -0.497 e. The molecule has 1 amide bonds. The molecule has 0 saturated carbocycles. The molecule has 0 bridgehead atoms. The van der Waals surface area contributed by atoms with E-state index in [0.717, 1.165) is 10.6 Å². The van der Waals surface area contributed by atoms with Crippen LogP contribution >= 0.6 is 22.9 Å². The molecule has 1 aliphatic rings. The van der Waals surface area contributed by atoms with E-state index in [9.17, 15) is 13.2 Å². The zero-order chi connectivity index (χ0) is 22.7. The molecule has 0 spiro atoms. The highest BCUT2D eigenvalue weighted by molar-refractivity contribution is 7.89. The lowest BCUT2D eigenvalue weighted by Gasteiger charge is -2.31. The largest absolute Gasteiger partial charge is 0.497 e. The number of hydrogen-bond donors (Lipinski definition) is 1. The number of amides is 1. The van der Waals surface area contributed by atoms with E-state index in [-0.39, 0.29) is 16.8 Å². The van der Waals surface area contributed by atoms with Gasteiger partial charge < -0.3 is 10.1 Å². The summed E-state index contributed by atoms with van der Waals surface area (Å²) in [6, 6.07) is 13.5. The summed E-state index contributed by atoms with van der Waals surface area (Å²) in [6.07, 6.45) is 1.07. The first kappa shape index (κ1) is 22.7. The van der Waals surface area contributed by atoms with Gasteiger partial charge in [0, 0.05) is 35.1 Å². The maximum Gasteiger partial charge on any atom is 0.270 e. The van der Waals surface area contributed by atoms with Crippen LogP contribution in [-0.4, -0.2) is 49.9 Å². The van der Waals surface area contributed by atoms with E-state index in [4.69, 9.17) is 16.3 Å². The van der Waals surface area contributed by atoms with Crippen molar-refractivity contribution in [1.82, 2.24) is 14.6 Å². The molecule has 168 valence electrons. The number of nitrogens with one attached hydrogen (secondary N) is 1. The molecule has 2 aromatic carbocycles. The number of benzene rings is 2. The van der Waals surface area contributed by atoms with Crippen LogP contribution in [-0.2, 0) is 10.0 Å². The Morgan fingerprint density at radius 2 is 1.78 bits per heavy atom. The lowest BCUT2D eigenvalue weighted by atomic mass is 10.1. The molecule has 0 unspecified atom stereocenters. The predicted octanol–water partition coefficient (Wildman–Crippen LogP) is 4.06. The first-order chi connectivity index (χ1) is 15.4. The van der Waals surface area contributed by atoms with E-state index in [1.165, 1.54) is 22.8 Å². The van der Waals surface area contributed by atoms with E-state index in [1.807, 2.05) is 12.1 Å². The molecule has 2 heterocycles. The molecular formula is C22H22ClN3O4S2. The van der Waals surface area contributed by atoms with Crippen LogP contribution in [0.3, 0.4) is 0 Å². The van der Waals surface area contributed by atoms with Crippen LogP contribution in [0.1, 0.15) is 23.3 Å². The Kier molecular flexibility index (Phi) is 6.80. The number of hydrogen-bond acceptors (Lipinski definition) is 6. The van der Waals surface area contributed by atoms with Gasteiger partial charge in [0.1, 0.15) is 16.5 Å². The number of carbonyl (C=O) groups excluding carboxylic acids is 1. The van der Waals surface area contributed by atoms with Crippen LogP contribution in [0, 0.1) is 0 Å². The normalized spacial score (nSPS) is 15.4. The molecule has 1 aliphatic heterocycles. The monoisotopic (exact) mass is 491 g/mol. The van der Waals surface area contributed by atoms with E-state index in [2.05, 4.69) is 10.3 Å². The minimum absolute atomic E-state index is 0.106. The standard InChI is InChI=1S/C22H22ClN3O4S2/c1-30-18-6-8-19(9-7-18)32(28,29)26-12-10-17(11-13-26)24-21(27)20-14-31-22(25-20)15-2-4-16(23)5-3-15/h2-9,14,17H,10-13H2,1H3,(H,24,27). The molecule has 1 fully saturated rings. The quantitative estimate of drug-likeness (QED) is 0.561. The van der Waals surface area contributed by atoms with Crippen molar-refractivity contribution in [2.45, 2.75) is 23.8 Å². The highest BCUT2D eigenvalue weighted by atomic mass is 35.5. The summed E-state index contributed by atoms with van der Waals surface area (Å²) in [7, 11) is -2.04. The van der Waals surface area contributed by atoms with Crippen LogP contribution in [0.25, 0.3) is 10.6 Å². The van der Waals surface area contributed by atoms with Gasteiger partial charge in [0.05, 0.1) is 12.0 Å². The van der Waals surface area contributed by atoms with Gasteiger partial charge in [-0.25, -0.2) is 13.4 Å². The Labute approximate surface area is 196 Å². The van der Waals surface area contributed by atoms with Gasteiger partial charge in [-0.05, 0) is 49.2 Å². The molecular weight excluding hydrogens is 470 g/mol. The molecule has 3 aromatic rings. The third-order valence-electron chi connectivity index (χ3n) is 5.31. The van der Waals surface area contributed by atoms with E-state index in [1.54, 1.807) is 41.8 Å². The summed E-state index contributed by atoms with van der Waals surface area (Å²) in [6.45, 7) is 0.679. The second kappa shape index (κ2) is 9.58. The van der Waals surface area contributed by atoms with Gasteiger partial charge in [-0.15, -0.1) is 11.3 Å². The topological polar surface area (TPSA) is 88.6 Å². The lowest BCUT2D eigenvalue weighted by Crippen LogP contribution is -2.46. The number of carbonyl (C=O) groups is 1. The second-order valence-corrected chi connectivity index (χ2v) is 10.6. The fourth-order valence-corrected chi connectivity index (χ4v) is 5.90. The first-order valence-electron chi connectivity index (χ1n) is 10.0. The van der Waals surface area contributed by atoms with E-state index >= 15 is 0 Å². The van der Waals surface area contributed by atoms with Crippen molar-refractivity contribution in [3.8, 4) is 16.3 Å². The molecule has 7 nitrogen and oxygen atoms in total. The fourth-order valence-electron chi connectivity index (χ4n) is 3.50. The van der Waals surface area contributed by atoms with Crippen LogP contribution in [0.5, 0.6) is 5.75 Å². The Balaban J connectivity index is 1.34. The van der Waals surface area contributed by atoms with Crippen molar-refractivity contribution < 1.29 is 17.9 Å². The molecule has 0 aliphatic carbocycles. The molecule has 1 saturated heterocycles. The third-order valence-corrected chi connectivity index (χ3v) is 8.37. The molecule has 0 atom stereocenters. The van der Waals surface area contributed by atoms with Gasteiger partial charge in [0.2, 0.25) is 10.0 Å². The Hall–Kier alpha value is -2.46. The van der Waals surface area contributed by atoms with Crippen molar-refractivity contribution in [1.29, 1.82) is 0 Å². The van der Waals surface area contributed by atoms with Crippen LogP contribution in [0.4, 0.5) is 0 Å². The fraction of sp³-hybridized carbons (Fsp3) is 0.273. The number of halogens is 1. The molecule has 4 rings (SSSR count). The summed E-state index contributed by atoms with van der Waals surface area (Å²) in [5.41, 5.74) is 1.25. The third kappa shape index (κ3) is 4.96. The van der Waals surface area contributed by atoms with Crippen molar-refractivity contribution in [3.63, 3.8) is 0 Å². The number of ether oxygens (including phenoxy) is 1. The van der Waals surface area contributed by atoms with Gasteiger partial charge in [0.15, 0.2) is 0 Å². The zero-order valence-electron chi connectivity index (χ0n) is 17.3.